The van der Waals surface area contributed by atoms with E-state index < -0.39 is 11.4 Å². The lowest BCUT2D eigenvalue weighted by Crippen LogP contribution is -2.03. The average Bonchev–Trinajstić information content (AvgIpc) is 2.89. The summed E-state index contributed by atoms with van der Waals surface area (Å²) in [4.78, 5) is 16.4. The molecule has 0 aliphatic carbocycles. The quantitative estimate of drug-likeness (QED) is 0.547. The first-order chi connectivity index (χ1) is 10.1. The second kappa shape index (κ2) is 5.21. The van der Waals surface area contributed by atoms with Crippen molar-refractivity contribution >= 4 is 28.9 Å². The number of aromatic nitrogens is 2. The van der Waals surface area contributed by atoms with Crippen molar-refractivity contribution in [2.75, 3.05) is 6.26 Å². The van der Waals surface area contributed by atoms with Crippen molar-refractivity contribution in [2.24, 2.45) is 0 Å². The molecular formula is C15H11FN2O2S. The van der Waals surface area contributed by atoms with E-state index in [0.29, 0.717) is 16.6 Å². The SMILES string of the molecule is C=Cn1cc(-c2cc3ccc(F)cc3oc2=O)nc1SC. The fourth-order valence-corrected chi connectivity index (χ4v) is 2.58. The Balaban J connectivity index is 2.22. The Labute approximate surface area is 123 Å². The molecule has 0 bridgehead atoms. The summed E-state index contributed by atoms with van der Waals surface area (Å²) >= 11 is 1.45. The molecular weight excluding hydrogens is 291 g/mol. The number of benzene rings is 1. The van der Waals surface area contributed by atoms with Gasteiger partial charge in [0, 0.05) is 23.8 Å². The Morgan fingerprint density at radius 1 is 1.43 bits per heavy atom. The van der Waals surface area contributed by atoms with Crippen LogP contribution in [0.25, 0.3) is 28.4 Å². The van der Waals surface area contributed by atoms with Crippen LogP contribution in [0.5, 0.6) is 0 Å². The Morgan fingerprint density at radius 3 is 2.90 bits per heavy atom. The second-order valence-electron chi connectivity index (χ2n) is 4.33. The molecule has 3 rings (SSSR count). The number of hydrogen-bond donors (Lipinski definition) is 0. The first-order valence-corrected chi connectivity index (χ1v) is 7.34. The van der Waals surface area contributed by atoms with Gasteiger partial charge in [-0.05, 0) is 24.5 Å². The molecule has 2 aromatic heterocycles. The molecule has 0 amide bonds. The summed E-state index contributed by atoms with van der Waals surface area (Å²) in [5.41, 5.74) is 0.510. The van der Waals surface area contributed by atoms with Crippen molar-refractivity contribution < 1.29 is 8.81 Å². The van der Waals surface area contributed by atoms with Gasteiger partial charge >= 0.3 is 5.63 Å². The Morgan fingerprint density at radius 2 is 2.24 bits per heavy atom. The van der Waals surface area contributed by atoms with Crippen LogP contribution in [0.15, 0.2) is 51.4 Å². The lowest BCUT2D eigenvalue weighted by Gasteiger charge is -1.99. The maximum Gasteiger partial charge on any atom is 0.345 e. The van der Waals surface area contributed by atoms with Crippen LogP contribution >= 0.6 is 11.8 Å². The van der Waals surface area contributed by atoms with Gasteiger partial charge in [0.15, 0.2) is 5.16 Å². The topological polar surface area (TPSA) is 48.0 Å². The lowest BCUT2D eigenvalue weighted by atomic mass is 10.1. The zero-order chi connectivity index (χ0) is 15.0. The molecule has 0 N–H and O–H groups in total. The Kier molecular flexibility index (Phi) is 3.39. The fraction of sp³-hybridized carbons (Fsp3) is 0.0667. The van der Waals surface area contributed by atoms with Gasteiger partial charge in [-0.15, -0.1) is 0 Å². The van der Waals surface area contributed by atoms with Crippen LogP contribution in [-0.2, 0) is 0 Å². The molecule has 2 heterocycles. The summed E-state index contributed by atoms with van der Waals surface area (Å²) in [6.07, 6.45) is 5.21. The fourth-order valence-electron chi connectivity index (χ4n) is 2.05. The number of rotatable bonds is 3. The van der Waals surface area contributed by atoms with Gasteiger partial charge in [0.25, 0.3) is 0 Å². The number of nitrogens with zero attached hydrogens (tertiary/aromatic N) is 2. The van der Waals surface area contributed by atoms with Crippen molar-refractivity contribution in [3.63, 3.8) is 0 Å². The Bertz CT molecular complexity index is 898. The Hall–Kier alpha value is -2.34. The van der Waals surface area contributed by atoms with E-state index in [4.69, 9.17) is 4.42 Å². The van der Waals surface area contributed by atoms with Crippen LogP contribution < -0.4 is 5.63 Å². The van der Waals surface area contributed by atoms with Crippen LogP contribution in [-0.4, -0.2) is 15.8 Å². The van der Waals surface area contributed by atoms with E-state index in [1.807, 2.05) is 6.26 Å². The van der Waals surface area contributed by atoms with Crippen molar-refractivity contribution in [1.29, 1.82) is 0 Å². The van der Waals surface area contributed by atoms with E-state index in [2.05, 4.69) is 11.6 Å². The zero-order valence-corrected chi connectivity index (χ0v) is 12.0. The van der Waals surface area contributed by atoms with Gasteiger partial charge in [-0.1, -0.05) is 18.3 Å². The lowest BCUT2D eigenvalue weighted by molar-refractivity contribution is 0.556. The molecule has 4 nitrogen and oxygen atoms in total. The monoisotopic (exact) mass is 302 g/mol. The largest absolute Gasteiger partial charge is 0.422 e. The maximum atomic E-state index is 13.1. The molecule has 0 fully saturated rings. The minimum Gasteiger partial charge on any atom is -0.422 e. The standard InChI is InChI=1S/C15H11FN2O2S/c1-3-18-8-12(17-15(18)21-2)11-6-9-4-5-10(16)7-13(9)20-14(11)19/h3-8H,1H2,2H3. The second-order valence-corrected chi connectivity index (χ2v) is 5.11. The van der Waals surface area contributed by atoms with Crippen molar-refractivity contribution in [3.8, 4) is 11.3 Å². The molecule has 0 saturated heterocycles. The van der Waals surface area contributed by atoms with Gasteiger partial charge in [0.1, 0.15) is 11.4 Å². The van der Waals surface area contributed by atoms with Gasteiger partial charge in [-0.3, -0.25) is 0 Å². The first kappa shape index (κ1) is 13.6. The van der Waals surface area contributed by atoms with Crippen molar-refractivity contribution in [3.05, 3.63) is 53.3 Å². The molecule has 0 saturated carbocycles. The number of thioether (sulfide) groups is 1. The van der Waals surface area contributed by atoms with Crippen LogP contribution in [0.3, 0.4) is 0 Å². The molecule has 0 radical (unpaired) electrons. The molecule has 21 heavy (non-hydrogen) atoms. The predicted octanol–water partition coefficient (Wildman–Crippen LogP) is 3.62. The van der Waals surface area contributed by atoms with E-state index in [0.717, 1.165) is 5.16 Å². The average molecular weight is 302 g/mol. The summed E-state index contributed by atoms with van der Waals surface area (Å²) in [5.74, 6) is -0.445. The number of imidazole rings is 1. The maximum absolute atomic E-state index is 13.1. The third-order valence-corrected chi connectivity index (χ3v) is 3.72. The highest BCUT2D eigenvalue weighted by Gasteiger charge is 2.13. The van der Waals surface area contributed by atoms with Crippen LogP contribution in [0.1, 0.15) is 0 Å². The molecule has 3 aromatic rings. The molecule has 0 unspecified atom stereocenters. The highest BCUT2D eigenvalue weighted by Crippen LogP contribution is 2.24. The predicted molar refractivity (Wildman–Crippen MR) is 81.8 cm³/mol. The van der Waals surface area contributed by atoms with Crippen molar-refractivity contribution in [2.45, 2.75) is 5.16 Å². The number of halogens is 1. The number of fused-ring (bicyclic) bond motifs is 1. The molecule has 6 heteroatoms. The van der Waals surface area contributed by atoms with E-state index in [-0.39, 0.29) is 5.58 Å². The van der Waals surface area contributed by atoms with Gasteiger partial charge < -0.3 is 8.98 Å². The van der Waals surface area contributed by atoms with Gasteiger partial charge in [-0.2, -0.15) is 0 Å². The minimum absolute atomic E-state index is 0.219. The van der Waals surface area contributed by atoms with Gasteiger partial charge in [0.05, 0.1) is 11.3 Å². The third-order valence-electron chi connectivity index (χ3n) is 3.05. The highest BCUT2D eigenvalue weighted by atomic mass is 32.2. The minimum atomic E-state index is -0.547. The molecule has 106 valence electrons. The number of hydrogen-bond acceptors (Lipinski definition) is 4. The van der Waals surface area contributed by atoms with Crippen LogP contribution in [0, 0.1) is 5.82 Å². The summed E-state index contributed by atoms with van der Waals surface area (Å²) < 4.78 is 20.0. The van der Waals surface area contributed by atoms with Crippen molar-refractivity contribution in [1.82, 2.24) is 9.55 Å². The van der Waals surface area contributed by atoms with E-state index in [1.54, 1.807) is 29.1 Å². The summed E-state index contributed by atoms with van der Waals surface area (Å²) in [5, 5.41) is 1.36. The van der Waals surface area contributed by atoms with Crippen LogP contribution in [0.2, 0.25) is 0 Å². The van der Waals surface area contributed by atoms with Gasteiger partial charge in [-0.25, -0.2) is 14.2 Å². The van der Waals surface area contributed by atoms with E-state index >= 15 is 0 Å². The zero-order valence-electron chi connectivity index (χ0n) is 11.2. The normalized spacial score (nSPS) is 11.0. The first-order valence-electron chi connectivity index (χ1n) is 6.11. The molecule has 0 aliphatic rings. The molecule has 0 atom stereocenters. The van der Waals surface area contributed by atoms with E-state index in [1.165, 1.54) is 23.9 Å². The van der Waals surface area contributed by atoms with E-state index in [9.17, 15) is 9.18 Å². The van der Waals surface area contributed by atoms with Gasteiger partial charge in [0.2, 0.25) is 0 Å². The summed E-state index contributed by atoms with van der Waals surface area (Å²) in [6, 6.07) is 5.73. The summed E-state index contributed by atoms with van der Waals surface area (Å²) in [6.45, 7) is 3.70. The highest BCUT2D eigenvalue weighted by molar-refractivity contribution is 7.98. The smallest absolute Gasteiger partial charge is 0.345 e. The van der Waals surface area contributed by atoms with Crippen LogP contribution in [0.4, 0.5) is 4.39 Å². The summed E-state index contributed by atoms with van der Waals surface area (Å²) in [7, 11) is 0. The third kappa shape index (κ3) is 2.38. The molecule has 1 aromatic carbocycles. The molecule has 0 spiro atoms. The molecule has 0 aliphatic heterocycles.